The third kappa shape index (κ3) is 7.94. The fourth-order valence-electron chi connectivity index (χ4n) is 1.74. The first-order valence-corrected chi connectivity index (χ1v) is 7.03. The highest BCUT2D eigenvalue weighted by atomic mass is 16.5. The first-order valence-electron chi connectivity index (χ1n) is 7.03. The minimum atomic E-state index is -0.124. The van der Waals surface area contributed by atoms with Gasteiger partial charge in [-0.25, -0.2) is 0 Å². The Morgan fingerprint density at radius 3 is 2.76 bits per heavy atom. The zero-order valence-corrected chi connectivity index (χ0v) is 12.6. The molecule has 2 amide bonds. The van der Waals surface area contributed by atoms with E-state index in [1.165, 1.54) is 6.92 Å². The van der Waals surface area contributed by atoms with Crippen LogP contribution in [-0.4, -0.2) is 38.6 Å². The molecule has 1 aromatic carbocycles. The van der Waals surface area contributed by atoms with Gasteiger partial charge in [0.15, 0.2) is 0 Å². The van der Waals surface area contributed by atoms with Crippen LogP contribution in [0, 0.1) is 0 Å². The molecule has 0 aromatic heterocycles. The number of rotatable bonds is 9. The maximum absolute atomic E-state index is 11.5. The summed E-state index contributed by atoms with van der Waals surface area (Å²) >= 11 is 0. The van der Waals surface area contributed by atoms with E-state index in [2.05, 4.69) is 16.0 Å². The Hall–Kier alpha value is -2.08. The Balaban J connectivity index is 2.23. The van der Waals surface area contributed by atoms with Crippen molar-refractivity contribution in [3.63, 3.8) is 0 Å². The monoisotopic (exact) mass is 293 g/mol. The highest BCUT2D eigenvalue weighted by Crippen LogP contribution is 2.16. The lowest BCUT2D eigenvalue weighted by atomic mass is 10.3. The summed E-state index contributed by atoms with van der Waals surface area (Å²) in [6.45, 7) is 3.14. The summed E-state index contributed by atoms with van der Waals surface area (Å²) in [6, 6.07) is 7.14. The van der Waals surface area contributed by atoms with Crippen molar-refractivity contribution >= 4 is 17.5 Å². The highest BCUT2D eigenvalue weighted by molar-refractivity contribution is 5.88. The smallest absolute Gasteiger partial charge is 0.221 e. The second kappa shape index (κ2) is 9.77. The molecule has 6 heteroatoms. The van der Waals surface area contributed by atoms with E-state index in [1.54, 1.807) is 24.3 Å². The van der Waals surface area contributed by atoms with E-state index < -0.39 is 0 Å². The lowest BCUT2D eigenvalue weighted by Crippen LogP contribution is -2.28. The van der Waals surface area contributed by atoms with Crippen LogP contribution in [0.5, 0.6) is 5.75 Å². The summed E-state index contributed by atoms with van der Waals surface area (Å²) in [6.07, 6.45) is 1.33. The summed E-state index contributed by atoms with van der Waals surface area (Å²) < 4.78 is 5.53. The van der Waals surface area contributed by atoms with Gasteiger partial charge in [0, 0.05) is 25.1 Å². The fraction of sp³-hybridized carbons (Fsp3) is 0.467. The molecule has 6 nitrogen and oxygen atoms in total. The second-order valence-corrected chi connectivity index (χ2v) is 4.61. The number of benzene rings is 1. The molecule has 1 rings (SSSR count). The number of hydrogen-bond donors (Lipinski definition) is 3. The topological polar surface area (TPSA) is 79.5 Å². The van der Waals surface area contributed by atoms with Gasteiger partial charge in [-0.2, -0.15) is 0 Å². The van der Waals surface area contributed by atoms with Crippen molar-refractivity contribution in [2.75, 3.05) is 32.1 Å². The third-order valence-electron chi connectivity index (χ3n) is 2.68. The zero-order valence-electron chi connectivity index (χ0n) is 12.6. The molecule has 3 N–H and O–H groups in total. The van der Waals surface area contributed by atoms with Crippen molar-refractivity contribution in [1.82, 2.24) is 10.6 Å². The lowest BCUT2D eigenvalue weighted by Gasteiger charge is -2.09. The molecule has 21 heavy (non-hydrogen) atoms. The number of nitrogens with one attached hydrogen (secondary N) is 3. The van der Waals surface area contributed by atoms with Gasteiger partial charge in [-0.15, -0.1) is 0 Å². The molecule has 0 saturated carbocycles. The summed E-state index contributed by atoms with van der Waals surface area (Å²) in [4.78, 5) is 22.4. The van der Waals surface area contributed by atoms with Gasteiger partial charge in [-0.05, 0) is 32.1 Å². The molecule has 0 heterocycles. The van der Waals surface area contributed by atoms with E-state index in [0.29, 0.717) is 31.0 Å². The molecule has 0 atom stereocenters. The maximum Gasteiger partial charge on any atom is 0.221 e. The maximum atomic E-state index is 11.5. The van der Waals surface area contributed by atoms with Crippen LogP contribution < -0.4 is 20.7 Å². The largest absolute Gasteiger partial charge is 0.492 e. The molecule has 0 saturated heterocycles. The number of anilines is 1. The van der Waals surface area contributed by atoms with E-state index in [-0.39, 0.29) is 11.8 Å². The molecule has 0 bridgehead atoms. The minimum absolute atomic E-state index is 0.0286. The van der Waals surface area contributed by atoms with Gasteiger partial charge >= 0.3 is 0 Å². The van der Waals surface area contributed by atoms with E-state index in [4.69, 9.17) is 4.74 Å². The molecule has 0 radical (unpaired) electrons. The van der Waals surface area contributed by atoms with Crippen LogP contribution in [-0.2, 0) is 9.59 Å². The molecular formula is C15H23N3O3. The SMILES string of the molecule is CNCCCC(=O)NCCOc1cccc(NC(C)=O)c1. The molecule has 0 aliphatic carbocycles. The van der Waals surface area contributed by atoms with Gasteiger partial charge < -0.3 is 20.7 Å². The van der Waals surface area contributed by atoms with Crippen LogP contribution in [0.2, 0.25) is 0 Å². The van der Waals surface area contributed by atoms with Crippen molar-refractivity contribution in [3.05, 3.63) is 24.3 Å². The summed E-state index contributed by atoms with van der Waals surface area (Å²) in [5.41, 5.74) is 0.691. The van der Waals surface area contributed by atoms with Crippen molar-refractivity contribution in [2.45, 2.75) is 19.8 Å². The van der Waals surface area contributed by atoms with Gasteiger partial charge in [-0.3, -0.25) is 9.59 Å². The molecule has 1 aromatic rings. The number of carbonyl (C=O) groups excluding carboxylic acids is 2. The predicted molar refractivity (Wildman–Crippen MR) is 82.4 cm³/mol. The van der Waals surface area contributed by atoms with Crippen molar-refractivity contribution < 1.29 is 14.3 Å². The molecule has 0 unspecified atom stereocenters. The molecule has 0 aliphatic rings. The quantitative estimate of drug-likeness (QED) is 0.597. The van der Waals surface area contributed by atoms with Crippen LogP contribution in [0.1, 0.15) is 19.8 Å². The van der Waals surface area contributed by atoms with E-state index in [0.717, 1.165) is 13.0 Å². The molecule has 0 spiro atoms. The normalized spacial score (nSPS) is 10.0. The van der Waals surface area contributed by atoms with Crippen LogP contribution in [0.4, 0.5) is 5.69 Å². The van der Waals surface area contributed by atoms with Crippen LogP contribution in [0.25, 0.3) is 0 Å². The van der Waals surface area contributed by atoms with Crippen LogP contribution >= 0.6 is 0 Å². The second-order valence-electron chi connectivity index (χ2n) is 4.61. The highest BCUT2D eigenvalue weighted by Gasteiger charge is 2.01. The number of ether oxygens (including phenoxy) is 1. The van der Waals surface area contributed by atoms with Crippen molar-refractivity contribution in [3.8, 4) is 5.75 Å². The van der Waals surface area contributed by atoms with Gasteiger partial charge in [0.1, 0.15) is 12.4 Å². The first kappa shape index (κ1) is 17.0. The number of carbonyl (C=O) groups is 2. The van der Waals surface area contributed by atoms with Gasteiger partial charge in [0.05, 0.1) is 6.54 Å². The van der Waals surface area contributed by atoms with Gasteiger partial charge in [-0.1, -0.05) is 6.07 Å². The Labute approximate surface area is 125 Å². The summed E-state index contributed by atoms with van der Waals surface area (Å²) in [5, 5.41) is 8.48. The van der Waals surface area contributed by atoms with Crippen molar-refractivity contribution in [1.29, 1.82) is 0 Å². The molecule has 0 fully saturated rings. The Kier molecular flexibility index (Phi) is 7.89. The average Bonchev–Trinajstić information content (AvgIpc) is 2.44. The van der Waals surface area contributed by atoms with E-state index >= 15 is 0 Å². The molecule has 0 aliphatic heterocycles. The van der Waals surface area contributed by atoms with E-state index in [9.17, 15) is 9.59 Å². The predicted octanol–water partition coefficient (Wildman–Crippen LogP) is 1.14. The number of hydrogen-bond acceptors (Lipinski definition) is 4. The fourth-order valence-corrected chi connectivity index (χ4v) is 1.74. The Bertz CT molecular complexity index is 463. The first-order chi connectivity index (χ1) is 10.1. The van der Waals surface area contributed by atoms with Crippen molar-refractivity contribution in [2.24, 2.45) is 0 Å². The standard InChI is InChI=1S/C15H23N3O3/c1-12(19)18-13-5-3-6-14(11-13)21-10-9-17-15(20)7-4-8-16-2/h3,5-6,11,16H,4,7-10H2,1-2H3,(H,17,20)(H,18,19). The molecule has 116 valence electrons. The Morgan fingerprint density at radius 1 is 1.24 bits per heavy atom. The number of amides is 2. The third-order valence-corrected chi connectivity index (χ3v) is 2.68. The minimum Gasteiger partial charge on any atom is -0.492 e. The van der Waals surface area contributed by atoms with Crippen LogP contribution in [0.15, 0.2) is 24.3 Å². The van der Waals surface area contributed by atoms with Gasteiger partial charge in [0.2, 0.25) is 11.8 Å². The summed E-state index contributed by atoms with van der Waals surface area (Å²) in [7, 11) is 1.86. The van der Waals surface area contributed by atoms with E-state index in [1.807, 2.05) is 7.05 Å². The zero-order chi connectivity index (χ0) is 15.5. The van der Waals surface area contributed by atoms with Gasteiger partial charge in [0.25, 0.3) is 0 Å². The Morgan fingerprint density at radius 2 is 2.05 bits per heavy atom. The summed E-state index contributed by atoms with van der Waals surface area (Å²) in [5.74, 6) is 0.563. The lowest BCUT2D eigenvalue weighted by molar-refractivity contribution is -0.121. The molecular weight excluding hydrogens is 270 g/mol. The van der Waals surface area contributed by atoms with Crippen LogP contribution in [0.3, 0.4) is 0 Å². The average molecular weight is 293 g/mol.